The van der Waals surface area contributed by atoms with Crippen molar-refractivity contribution in [2.75, 3.05) is 0 Å². The Bertz CT molecular complexity index is 153. The van der Waals surface area contributed by atoms with E-state index in [1.54, 1.807) is 0 Å². The molecule has 14 heavy (non-hydrogen) atoms. The van der Waals surface area contributed by atoms with Crippen LogP contribution < -0.4 is 5.73 Å². The lowest BCUT2D eigenvalue weighted by Gasteiger charge is -2.34. The number of alkyl halides is 3. The van der Waals surface area contributed by atoms with Crippen molar-refractivity contribution >= 4 is 0 Å². The highest BCUT2D eigenvalue weighted by molar-refractivity contribution is 4.87. The number of nitrogens with two attached hydrogens (primary N) is 1. The first-order chi connectivity index (χ1) is 6.31. The van der Waals surface area contributed by atoms with Crippen molar-refractivity contribution in [3.05, 3.63) is 0 Å². The van der Waals surface area contributed by atoms with E-state index in [9.17, 15) is 13.2 Å². The third-order valence-corrected chi connectivity index (χ3v) is 2.59. The molecule has 0 saturated heterocycles. The van der Waals surface area contributed by atoms with Crippen LogP contribution in [0.5, 0.6) is 0 Å². The first-order valence-corrected chi connectivity index (χ1v) is 5.17. The molecular formula is C10H20F3N. The Morgan fingerprint density at radius 1 is 1.14 bits per heavy atom. The van der Waals surface area contributed by atoms with Gasteiger partial charge in [-0.25, -0.2) is 0 Å². The SMILES string of the molecule is CC.CC1(N)CCC(C(F)(F)F)CC1. The van der Waals surface area contributed by atoms with Crippen molar-refractivity contribution in [3.8, 4) is 0 Å². The third kappa shape index (κ3) is 4.31. The first-order valence-electron chi connectivity index (χ1n) is 5.17. The van der Waals surface area contributed by atoms with Gasteiger partial charge >= 0.3 is 6.18 Å². The lowest BCUT2D eigenvalue weighted by atomic mass is 9.78. The summed E-state index contributed by atoms with van der Waals surface area (Å²) in [6.07, 6.45) is -2.67. The van der Waals surface area contributed by atoms with Crippen LogP contribution >= 0.6 is 0 Å². The quantitative estimate of drug-likeness (QED) is 0.652. The second kappa shape index (κ2) is 5.01. The molecule has 0 heterocycles. The molecule has 0 aromatic heterocycles. The number of rotatable bonds is 0. The summed E-state index contributed by atoms with van der Waals surface area (Å²) in [5, 5.41) is 0. The molecule has 1 aliphatic carbocycles. The number of halogens is 3. The fourth-order valence-electron chi connectivity index (χ4n) is 1.60. The zero-order valence-electron chi connectivity index (χ0n) is 9.12. The van der Waals surface area contributed by atoms with E-state index >= 15 is 0 Å². The Morgan fingerprint density at radius 2 is 1.50 bits per heavy atom. The Hall–Kier alpha value is -0.250. The van der Waals surface area contributed by atoms with E-state index in [0.29, 0.717) is 12.8 Å². The van der Waals surface area contributed by atoms with Crippen LogP contribution in [0.25, 0.3) is 0 Å². The minimum atomic E-state index is -4.02. The number of hydrogen-bond donors (Lipinski definition) is 1. The van der Waals surface area contributed by atoms with Gasteiger partial charge in [0.05, 0.1) is 5.92 Å². The van der Waals surface area contributed by atoms with Crippen LogP contribution in [-0.2, 0) is 0 Å². The zero-order chi connectivity index (χ0) is 11.4. The Morgan fingerprint density at radius 3 is 1.79 bits per heavy atom. The lowest BCUT2D eigenvalue weighted by Crippen LogP contribution is -2.42. The molecule has 0 atom stereocenters. The minimum absolute atomic E-state index is 0.191. The summed E-state index contributed by atoms with van der Waals surface area (Å²) < 4.78 is 36.5. The van der Waals surface area contributed by atoms with Gasteiger partial charge in [-0.3, -0.25) is 0 Å². The molecule has 4 heteroatoms. The van der Waals surface area contributed by atoms with Gasteiger partial charge in [0, 0.05) is 5.54 Å². The van der Waals surface area contributed by atoms with Crippen molar-refractivity contribution in [2.45, 2.75) is 58.2 Å². The standard InChI is InChI=1S/C8H14F3N.C2H6/c1-7(12)4-2-6(3-5-7)8(9,10)11;1-2/h6H,2-5,12H2,1H3;1-2H3. The van der Waals surface area contributed by atoms with Crippen molar-refractivity contribution in [3.63, 3.8) is 0 Å². The largest absolute Gasteiger partial charge is 0.391 e. The molecule has 2 N–H and O–H groups in total. The van der Waals surface area contributed by atoms with E-state index in [1.807, 2.05) is 20.8 Å². The highest BCUT2D eigenvalue weighted by atomic mass is 19.4. The third-order valence-electron chi connectivity index (χ3n) is 2.59. The van der Waals surface area contributed by atoms with E-state index in [-0.39, 0.29) is 18.4 Å². The van der Waals surface area contributed by atoms with Gasteiger partial charge in [0.15, 0.2) is 0 Å². The number of hydrogen-bond acceptors (Lipinski definition) is 1. The summed E-state index contributed by atoms with van der Waals surface area (Å²) in [6.45, 7) is 5.82. The van der Waals surface area contributed by atoms with Crippen LogP contribution in [0.1, 0.15) is 46.5 Å². The Balaban J connectivity index is 0.000000791. The Labute approximate surface area is 83.9 Å². The predicted octanol–water partition coefficient (Wildman–Crippen LogP) is 3.48. The maximum atomic E-state index is 12.2. The average molecular weight is 211 g/mol. The second-order valence-electron chi connectivity index (χ2n) is 3.97. The summed E-state index contributed by atoms with van der Waals surface area (Å²) in [6, 6.07) is 0. The molecule has 86 valence electrons. The van der Waals surface area contributed by atoms with Crippen LogP contribution in [0.2, 0.25) is 0 Å². The molecule has 1 rings (SSSR count). The normalized spacial score (nSPS) is 33.2. The molecule has 1 aliphatic rings. The van der Waals surface area contributed by atoms with Gasteiger partial charge in [0.2, 0.25) is 0 Å². The monoisotopic (exact) mass is 211 g/mol. The molecule has 0 aliphatic heterocycles. The maximum Gasteiger partial charge on any atom is 0.391 e. The highest BCUT2D eigenvalue weighted by Gasteiger charge is 2.43. The van der Waals surface area contributed by atoms with Crippen molar-refractivity contribution in [2.24, 2.45) is 11.7 Å². The fourth-order valence-corrected chi connectivity index (χ4v) is 1.60. The van der Waals surface area contributed by atoms with Gasteiger partial charge < -0.3 is 5.73 Å². The second-order valence-corrected chi connectivity index (χ2v) is 3.97. The summed E-state index contributed by atoms with van der Waals surface area (Å²) in [4.78, 5) is 0. The molecule has 0 bridgehead atoms. The molecule has 1 nitrogen and oxygen atoms in total. The van der Waals surface area contributed by atoms with E-state index in [0.717, 1.165) is 0 Å². The van der Waals surface area contributed by atoms with Crippen LogP contribution in [0, 0.1) is 5.92 Å². The van der Waals surface area contributed by atoms with Crippen molar-refractivity contribution in [1.82, 2.24) is 0 Å². The molecule has 0 unspecified atom stereocenters. The van der Waals surface area contributed by atoms with Crippen molar-refractivity contribution < 1.29 is 13.2 Å². The predicted molar refractivity (Wildman–Crippen MR) is 52.0 cm³/mol. The van der Waals surface area contributed by atoms with Gasteiger partial charge in [-0.2, -0.15) is 13.2 Å². The molecule has 0 aromatic rings. The van der Waals surface area contributed by atoms with Crippen molar-refractivity contribution in [1.29, 1.82) is 0 Å². The van der Waals surface area contributed by atoms with Crippen LogP contribution in [0.4, 0.5) is 13.2 Å². The van der Waals surface area contributed by atoms with E-state index in [2.05, 4.69) is 0 Å². The molecule has 1 saturated carbocycles. The van der Waals surface area contributed by atoms with Crippen LogP contribution in [0.3, 0.4) is 0 Å². The Kier molecular flexibility index (Phi) is 4.92. The average Bonchev–Trinajstić information content (AvgIpc) is 2.05. The van der Waals surface area contributed by atoms with Gasteiger partial charge in [-0.1, -0.05) is 13.8 Å². The van der Waals surface area contributed by atoms with E-state index < -0.39 is 12.1 Å². The molecule has 0 aromatic carbocycles. The van der Waals surface area contributed by atoms with Gasteiger partial charge in [-0.05, 0) is 32.6 Å². The summed E-state index contributed by atoms with van der Waals surface area (Å²) in [5.74, 6) is -1.12. The summed E-state index contributed by atoms with van der Waals surface area (Å²) in [7, 11) is 0. The van der Waals surface area contributed by atoms with Crippen LogP contribution in [0.15, 0.2) is 0 Å². The zero-order valence-corrected chi connectivity index (χ0v) is 9.12. The molecule has 0 amide bonds. The lowest BCUT2D eigenvalue weighted by molar-refractivity contribution is -0.184. The van der Waals surface area contributed by atoms with E-state index in [4.69, 9.17) is 5.73 Å². The van der Waals surface area contributed by atoms with E-state index in [1.165, 1.54) is 0 Å². The first kappa shape index (κ1) is 13.8. The molecule has 1 fully saturated rings. The summed E-state index contributed by atoms with van der Waals surface area (Å²) in [5.41, 5.74) is 5.34. The molecule has 0 radical (unpaired) electrons. The highest BCUT2D eigenvalue weighted by Crippen LogP contribution is 2.39. The topological polar surface area (TPSA) is 26.0 Å². The summed E-state index contributed by atoms with van der Waals surface area (Å²) >= 11 is 0. The molecule has 0 spiro atoms. The molecular weight excluding hydrogens is 191 g/mol. The maximum absolute atomic E-state index is 12.2. The smallest absolute Gasteiger partial charge is 0.325 e. The van der Waals surface area contributed by atoms with Gasteiger partial charge in [0.1, 0.15) is 0 Å². The minimum Gasteiger partial charge on any atom is -0.325 e. The van der Waals surface area contributed by atoms with Gasteiger partial charge in [0.25, 0.3) is 0 Å². The van der Waals surface area contributed by atoms with Gasteiger partial charge in [-0.15, -0.1) is 0 Å². The van der Waals surface area contributed by atoms with Crippen LogP contribution in [-0.4, -0.2) is 11.7 Å². The fraction of sp³-hybridized carbons (Fsp3) is 1.00.